The van der Waals surface area contributed by atoms with Crippen molar-refractivity contribution < 1.29 is 4.74 Å². The van der Waals surface area contributed by atoms with Gasteiger partial charge in [-0.2, -0.15) is 10.5 Å². The van der Waals surface area contributed by atoms with E-state index in [-0.39, 0.29) is 6.10 Å². The van der Waals surface area contributed by atoms with Crippen molar-refractivity contribution in [1.29, 1.82) is 10.5 Å². The van der Waals surface area contributed by atoms with Crippen LogP contribution < -0.4 is 4.74 Å². The van der Waals surface area contributed by atoms with Gasteiger partial charge in [0.25, 0.3) is 0 Å². The lowest BCUT2D eigenvalue weighted by Crippen LogP contribution is -2.33. The van der Waals surface area contributed by atoms with Crippen molar-refractivity contribution in [2.24, 2.45) is 0 Å². The van der Waals surface area contributed by atoms with E-state index in [1.807, 2.05) is 19.1 Å². The topological polar surface area (TPSA) is 60.0 Å². The normalized spacial score (nSPS) is 11.7. The molecule has 0 aromatic heterocycles. The molecule has 1 aromatic rings. The van der Waals surface area contributed by atoms with E-state index in [4.69, 9.17) is 15.3 Å². The van der Waals surface area contributed by atoms with E-state index in [0.29, 0.717) is 16.9 Å². The molecule has 0 saturated carbocycles. The fourth-order valence-electron chi connectivity index (χ4n) is 1.94. The van der Waals surface area contributed by atoms with Crippen molar-refractivity contribution in [3.8, 4) is 17.9 Å². The number of hydrogen-bond donors (Lipinski definition) is 0. The zero-order valence-electron chi connectivity index (χ0n) is 11.7. The highest BCUT2D eigenvalue weighted by Crippen LogP contribution is 2.22. The lowest BCUT2D eigenvalue weighted by atomic mass is 10.1. The molecule has 1 atom stereocenters. The van der Waals surface area contributed by atoms with Crippen LogP contribution in [0.25, 0.3) is 0 Å². The molecule has 0 heterocycles. The molecular formula is C15H19N3O. The van der Waals surface area contributed by atoms with Crippen LogP contribution >= 0.6 is 0 Å². The zero-order chi connectivity index (χ0) is 14.3. The van der Waals surface area contributed by atoms with E-state index in [1.54, 1.807) is 18.2 Å². The third-order valence-electron chi connectivity index (χ3n) is 3.00. The van der Waals surface area contributed by atoms with Crippen LogP contribution in [-0.4, -0.2) is 30.6 Å². The number of likely N-dealkylation sites (N-methyl/N-ethyl adjacent to an activating group) is 1. The monoisotopic (exact) mass is 257 g/mol. The molecule has 4 heteroatoms. The molecule has 0 saturated heterocycles. The summed E-state index contributed by atoms with van der Waals surface area (Å²) in [6, 6.07) is 9.15. The van der Waals surface area contributed by atoms with Gasteiger partial charge in [-0.15, -0.1) is 0 Å². The number of nitrogens with zero attached hydrogens (tertiary/aromatic N) is 3. The molecule has 0 N–H and O–H groups in total. The SMILES string of the molecule is CCN(CC)CC(C)Oc1cccc(C#N)c1C#N. The van der Waals surface area contributed by atoms with Gasteiger partial charge in [-0.25, -0.2) is 0 Å². The van der Waals surface area contributed by atoms with Crippen molar-refractivity contribution in [1.82, 2.24) is 4.90 Å². The number of hydrogen-bond acceptors (Lipinski definition) is 4. The van der Waals surface area contributed by atoms with Gasteiger partial charge in [0.1, 0.15) is 29.6 Å². The summed E-state index contributed by atoms with van der Waals surface area (Å²) in [6.45, 7) is 8.91. The van der Waals surface area contributed by atoms with E-state index >= 15 is 0 Å². The van der Waals surface area contributed by atoms with Gasteiger partial charge in [0, 0.05) is 6.54 Å². The van der Waals surface area contributed by atoms with Gasteiger partial charge in [0.15, 0.2) is 0 Å². The van der Waals surface area contributed by atoms with Crippen LogP contribution in [0.2, 0.25) is 0 Å². The molecule has 0 bridgehead atoms. The molecule has 0 aliphatic heterocycles. The summed E-state index contributed by atoms with van der Waals surface area (Å²) < 4.78 is 5.80. The third kappa shape index (κ3) is 3.98. The molecule has 0 spiro atoms. The predicted molar refractivity (Wildman–Crippen MR) is 73.8 cm³/mol. The molecule has 1 aromatic carbocycles. The van der Waals surface area contributed by atoms with Gasteiger partial charge in [-0.3, -0.25) is 0 Å². The Labute approximate surface area is 114 Å². The van der Waals surface area contributed by atoms with Gasteiger partial charge < -0.3 is 9.64 Å². The first kappa shape index (κ1) is 15.0. The maximum Gasteiger partial charge on any atom is 0.138 e. The van der Waals surface area contributed by atoms with Crippen molar-refractivity contribution in [2.45, 2.75) is 26.9 Å². The minimum Gasteiger partial charge on any atom is -0.488 e. The van der Waals surface area contributed by atoms with Crippen LogP contribution in [-0.2, 0) is 0 Å². The van der Waals surface area contributed by atoms with Crippen molar-refractivity contribution in [3.05, 3.63) is 29.3 Å². The van der Waals surface area contributed by atoms with E-state index in [9.17, 15) is 0 Å². The average Bonchev–Trinajstić information content (AvgIpc) is 2.44. The van der Waals surface area contributed by atoms with E-state index in [0.717, 1.165) is 19.6 Å². The summed E-state index contributed by atoms with van der Waals surface area (Å²) in [5.41, 5.74) is 0.673. The van der Waals surface area contributed by atoms with E-state index in [2.05, 4.69) is 18.7 Å². The first-order chi connectivity index (χ1) is 9.15. The summed E-state index contributed by atoms with van der Waals surface area (Å²) in [4.78, 5) is 2.25. The standard InChI is InChI=1S/C15H19N3O/c1-4-18(5-2)11-12(3)19-15-8-6-7-13(9-16)14(15)10-17/h6-8,12H,4-5,11H2,1-3H3. The molecule has 4 nitrogen and oxygen atoms in total. The van der Waals surface area contributed by atoms with Crippen LogP contribution in [0.3, 0.4) is 0 Å². The van der Waals surface area contributed by atoms with Crippen molar-refractivity contribution in [3.63, 3.8) is 0 Å². The highest BCUT2D eigenvalue weighted by atomic mass is 16.5. The Kier molecular flexibility index (Phi) is 5.85. The van der Waals surface area contributed by atoms with Crippen LogP contribution in [0.4, 0.5) is 0 Å². The number of rotatable bonds is 6. The van der Waals surface area contributed by atoms with Crippen LogP contribution in [0, 0.1) is 22.7 Å². The lowest BCUT2D eigenvalue weighted by molar-refractivity contribution is 0.153. The lowest BCUT2D eigenvalue weighted by Gasteiger charge is -2.23. The smallest absolute Gasteiger partial charge is 0.138 e. The molecule has 1 unspecified atom stereocenters. The Morgan fingerprint density at radius 1 is 1.21 bits per heavy atom. The third-order valence-corrected chi connectivity index (χ3v) is 3.00. The Morgan fingerprint density at radius 2 is 1.89 bits per heavy atom. The van der Waals surface area contributed by atoms with Crippen LogP contribution in [0.15, 0.2) is 18.2 Å². The molecule has 0 amide bonds. The molecule has 100 valence electrons. The summed E-state index contributed by atoms with van der Waals surface area (Å²) in [5.74, 6) is 0.487. The summed E-state index contributed by atoms with van der Waals surface area (Å²) in [5, 5.41) is 18.1. The van der Waals surface area contributed by atoms with Crippen molar-refractivity contribution in [2.75, 3.05) is 19.6 Å². The molecular weight excluding hydrogens is 238 g/mol. The highest BCUT2D eigenvalue weighted by molar-refractivity contribution is 5.53. The van der Waals surface area contributed by atoms with Crippen LogP contribution in [0.1, 0.15) is 31.9 Å². The Morgan fingerprint density at radius 3 is 2.42 bits per heavy atom. The number of nitriles is 2. The number of benzene rings is 1. The average molecular weight is 257 g/mol. The fourth-order valence-corrected chi connectivity index (χ4v) is 1.94. The number of ether oxygens (including phenoxy) is 1. The molecule has 0 aliphatic carbocycles. The first-order valence-electron chi connectivity index (χ1n) is 6.48. The summed E-state index contributed by atoms with van der Waals surface area (Å²) in [6.07, 6.45) is -0.0269. The van der Waals surface area contributed by atoms with Gasteiger partial charge in [0.05, 0.1) is 5.56 Å². The molecule has 1 rings (SSSR count). The second-order valence-corrected chi connectivity index (χ2v) is 4.32. The highest BCUT2D eigenvalue weighted by Gasteiger charge is 2.13. The first-order valence-corrected chi connectivity index (χ1v) is 6.48. The second kappa shape index (κ2) is 7.41. The summed E-state index contributed by atoms with van der Waals surface area (Å²) >= 11 is 0. The van der Waals surface area contributed by atoms with Gasteiger partial charge in [0.2, 0.25) is 0 Å². The Hall–Kier alpha value is -2.04. The van der Waals surface area contributed by atoms with Gasteiger partial charge in [-0.1, -0.05) is 19.9 Å². The largest absolute Gasteiger partial charge is 0.488 e. The Bertz CT molecular complexity index is 495. The molecule has 19 heavy (non-hydrogen) atoms. The maximum absolute atomic E-state index is 9.13. The molecule has 0 fully saturated rings. The van der Waals surface area contributed by atoms with Gasteiger partial charge in [-0.05, 0) is 32.1 Å². The van der Waals surface area contributed by atoms with E-state index in [1.165, 1.54) is 0 Å². The quantitative estimate of drug-likeness (QED) is 0.785. The fraction of sp³-hybridized carbons (Fsp3) is 0.467. The van der Waals surface area contributed by atoms with Crippen molar-refractivity contribution >= 4 is 0 Å². The molecule has 0 radical (unpaired) electrons. The predicted octanol–water partition coefficient (Wildman–Crippen LogP) is 2.54. The molecule has 0 aliphatic rings. The second-order valence-electron chi connectivity index (χ2n) is 4.32. The zero-order valence-corrected chi connectivity index (χ0v) is 11.7. The summed E-state index contributed by atoms with van der Waals surface area (Å²) in [7, 11) is 0. The maximum atomic E-state index is 9.13. The van der Waals surface area contributed by atoms with E-state index < -0.39 is 0 Å². The minimum atomic E-state index is -0.0269. The van der Waals surface area contributed by atoms with Gasteiger partial charge >= 0.3 is 0 Å². The Balaban J connectivity index is 2.83. The van der Waals surface area contributed by atoms with Crippen LogP contribution in [0.5, 0.6) is 5.75 Å². The minimum absolute atomic E-state index is 0.0269.